The molecule has 0 aromatic heterocycles. The Kier molecular flexibility index (Phi) is 5.51. The van der Waals surface area contributed by atoms with E-state index in [9.17, 15) is 15.0 Å². The minimum atomic E-state index is -1.12. The van der Waals surface area contributed by atoms with Gasteiger partial charge in [0.15, 0.2) is 0 Å². The van der Waals surface area contributed by atoms with E-state index < -0.39 is 5.41 Å². The number of nitrogen functional groups attached to an aromatic ring is 1. The maximum atomic E-state index is 14.0. The van der Waals surface area contributed by atoms with E-state index in [0.29, 0.717) is 28.7 Å². The Morgan fingerprint density at radius 1 is 0.722 bits per heavy atom. The summed E-state index contributed by atoms with van der Waals surface area (Å²) in [6.45, 7) is 7.37. The Morgan fingerprint density at radius 2 is 1.19 bits per heavy atom. The first-order valence-corrected chi connectivity index (χ1v) is 12.0. The molecule has 5 heteroatoms. The molecule has 0 radical (unpaired) electrons. The zero-order valence-corrected chi connectivity index (χ0v) is 20.9. The summed E-state index contributed by atoms with van der Waals surface area (Å²) in [6.07, 6.45) is 0.714. The van der Waals surface area contributed by atoms with E-state index in [1.54, 1.807) is 0 Å². The molecule has 0 spiro atoms. The van der Waals surface area contributed by atoms with Crippen LogP contribution in [-0.4, -0.2) is 16.1 Å². The molecular weight excluding hydrogens is 448 g/mol. The lowest BCUT2D eigenvalue weighted by Gasteiger charge is -2.31. The molecule has 0 saturated carbocycles. The fraction of sp³-hybridized carbons (Fsp3) is 0.194. The number of hydrogen-bond acceptors (Lipinski definition) is 4. The lowest BCUT2D eigenvalue weighted by Crippen LogP contribution is -2.37. The smallest absolute Gasteiger partial charge is 0.244 e. The molecule has 182 valence electrons. The van der Waals surface area contributed by atoms with Gasteiger partial charge in [-0.25, -0.2) is 0 Å². The molecule has 36 heavy (non-hydrogen) atoms. The zero-order chi connectivity index (χ0) is 25.8. The molecule has 0 saturated heterocycles. The maximum Gasteiger partial charge on any atom is 0.244 e. The van der Waals surface area contributed by atoms with Gasteiger partial charge in [0.25, 0.3) is 0 Å². The van der Waals surface area contributed by atoms with E-state index in [4.69, 9.17) is 5.73 Å². The molecule has 1 aliphatic heterocycles. The Hall–Kier alpha value is -4.25. The number of benzene rings is 4. The fourth-order valence-corrected chi connectivity index (χ4v) is 5.43. The van der Waals surface area contributed by atoms with Gasteiger partial charge in [-0.05, 0) is 96.8 Å². The van der Waals surface area contributed by atoms with Gasteiger partial charge in [-0.1, -0.05) is 48.5 Å². The average molecular weight is 479 g/mol. The van der Waals surface area contributed by atoms with Crippen LogP contribution in [0.15, 0.2) is 66.7 Å². The van der Waals surface area contributed by atoms with Crippen molar-refractivity contribution in [2.24, 2.45) is 0 Å². The predicted molar refractivity (Wildman–Crippen MR) is 144 cm³/mol. The third kappa shape index (κ3) is 3.59. The van der Waals surface area contributed by atoms with Gasteiger partial charge in [-0.15, -0.1) is 0 Å². The number of fused-ring (bicyclic) bond motifs is 1. The third-order valence-electron chi connectivity index (χ3n) is 7.31. The summed E-state index contributed by atoms with van der Waals surface area (Å²) < 4.78 is 0. The van der Waals surface area contributed by atoms with Crippen LogP contribution in [0.4, 0.5) is 11.4 Å². The van der Waals surface area contributed by atoms with Crippen LogP contribution in [0.3, 0.4) is 0 Å². The van der Waals surface area contributed by atoms with Gasteiger partial charge in [-0.3, -0.25) is 4.79 Å². The summed E-state index contributed by atoms with van der Waals surface area (Å²) in [7, 11) is 0. The van der Waals surface area contributed by atoms with Crippen molar-refractivity contribution < 1.29 is 15.0 Å². The second-order valence-electron chi connectivity index (χ2n) is 9.92. The Labute approximate surface area is 211 Å². The van der Waals surface area contributed by atoms with Crippen LogP contribution in [0.25, 0.3) is 0 Å². The number of phenols is 2. The van der Waals surface area contributed by atoms with E-state index in [0.717, 1.165) is 39.2 Å². The number of carbonyl (C=O) groups is 1. The number of aryl methyl sites for hydroxylation is 4. The van der Waals surface area contributed by atoms with Crippen molar-refractivity contribution in [1.29, 1.82) is 0 Å². The van der Waals surface area contributed by atoms with Gasteiger partial charge in [0, 0.05) is 16.9 Å². The molecule has 0 aliphatic carbocycles. The van der Waals surface area contributed by atoms with E-state index in [2.05, 4.69) is 11.4 Å². The summed E-state index contributed by atoms with van der Waals surface area (Å²) in [4.78, 5) is 14.0. The lowest BCUT2D eigenvalue weighted by atomic mass is 9.68. The highest BCUT2D eigenvalue weighted by atomic mass is 16.3. The Morgan fingerprint density at radius 3 is 1.69 bits per heavy atom. The minimum absolute atomic E-state index is 0.156. The molecule has 1 aliphatic rings. The van der Waals surface area contributed by atoms with Crippen LogP contribution >= 0.6 is 0 Å². The number of phenolic OH excluding ortho intramolecular Hbond substituents is 2. The van der Waals surface area contributed by atoms with E-state index in [-0.39, 0.29) is 17.4 Å². The van der Waals surface area contributed by atoms with Gasteiger partial charge in [0.05, 0.1) is 0 Å². The van der Waals surface area contributed by atoms with Crippen LogP contribution in [-0.2, 0) is 16.6 Å². The highest BCUT2D eigenvalue weighted by Crippen LogP contribution is 2.50. The van der Waals surface area contributed by atoms with Crippen molar-refractivity contribution in [2.45, 2.75) is 39.5 Å². The van der Waals surface area contributed by atoms with Crippen molar-refractivity contribution in [2.75, 3.05) is 11.1 Å². The van der Waals surface area contributed by atoms with Gasteiger partial charge < -0.3 is 21.3 Å². The Bertz CT molecular complexity index is 1420. The first-order chi connectivity index (χ1) is 17.1. The first-order valence-electron chi connectivity index (χ1n) is 12.0. The second-order valence-corrected chi connectivity index (χ2v) is 9.92. The van der Waals surface area contributed by atoms with Gasteiger partial charge in [-0.2, -0.15) is 0 Å². The van der Waals surface area contributed by atoms with E-state index in [1.165, 1.54) is 0 Å². The minimum Gasteiger partial charge on any atom is -0.507 e. The van der Waals surface area contributed by atoms with E-state index in [1.807, 2.05) is 88.4 Å². The molecule has 0 atom stereocenters. The molecule has 5 N–H and O–H groups in total. The Balaban J connectivity index is 1.73. The van der Waals surface area contributed by atoms with Crippen LogP contribution in [0.2, 0.25) is 0 Å². The van der Waals surface area contributed by atoms with Gasteiger partial charge in [0.2, 0.25) is 5.91 Å². The van der Waals surface area contributed by atoms with Crippen LogP contribution in [0, 0.1) is 27.7 Å². The number of nitrogens with two attached hydrogens (primary N) is 1. The quantitative estimate of drug-likeness (QED) is 0.279. The number of amides is 1. The maximum absolute atomic E-state index is 14.0. The van der Waals surface area contributed by atoms with Crippen LogP contribution in [0.1, 0.15) is 50.1 Å². The van der Waals surface area contributed by atoms with Crippen molar-refractivity contribution in [3.05, 3.63) is 117 Å². The summed E-state index contributed by atoms with van der Waals surface area (Å²) in [5.74, 6) is 0.296. The number of rotatable bonds is 4. The number of aromatic hydroxyl groups is 2. The third-order valence-corrected chi connectivity index (χ3v) is 7.31. The standard InChI is InChI=1S/C31H30N2O3/c1-17-11-23(12-18(2)28(17)34)31(24-13-19(3)29(35)20(4)14-24)26-10-7-22(16-27(26)33-30(31)36)15-21-5-8-25(32)9-6-21/h5-14,16,34-35H,15,32H2,1-4H3,(H,33,36). The van der Waals surface area contributed by atoms with Crippen molar-refractivity contribution in [3.63, 3.8) is 0 Å². The summed E-state index contributed by atoms with van der Waals surface area (Å²) >= 11 is 0. The van der Waals surface area contributed by atoms with Crippen molar-refractivity contribution >= 4 is 17.3 Å². The van der Waals surface area contributed by atoms with Crippen LogP contribution in [0.5, 0.6) is 11.5 Å². The highest BCUT2D eigenvalue weighted by molar-refractivity contribution is 6.11. The number of hydrogen-bond donors (Lipinski definition) is 4. The topological polar surface area (TPSA) is 95.6 Å². The second kappa shape index (κ2) is 8.45. The molecule has 4 aromatic carbocycles. The molecule has 5 nitrogen and oxygen atoms in total. The summed E-state index contributed by atoms with van der Waals surface area (Å²) in [5, 5.41) is 24.1. The largest absolute Gasteiger partial charge is 0.507 e. The van der Waals surface area contributed by atoms with Crippen molar-refractivity contribution in [1.82, 2.24) is 0 Å². The van der Waals surface area contributed by atoms with Gasteiger partial charge >= 0.3 is 0 Å². The lowest BCUT2D eigenvalue weighted by molar-refractivity contribution is -0.118. The molecule has 0 bridgehead atoms. The molecule has 4 aromatic rings. The fourth-order valence-electron chi connectivity index (χ4n) is 5.43. The zero-order valence-electron chi connectivity index (χ0n) is 20.9. The van der Waals surface area contributed by atoms with Crippen LogP contribution < -0.4 is 11.1 Å². The molecule has 0 fully saturated rings. The number of anilines is 2. The SMILES string of the molecule is Cc1cc(C2(c3cc(C)c(O)c(C)c3)C(=O)Nc3cc(Cc4ccc(N)cc4)ccc32)cc(C)c1O. The summed E-state index contributed by atoms with van der Waals surface area (Å²) in [5.41, 5.74) is 13.6. The monoisotopic (exact) mass is 478 g/mol. The van der Waals surface area contributed by atoms with E-state index >= 15 is 0 Å². The summed E-state index contributed by atoms with van der Waals surface area (Å²) in [6, 6.07) is 21.5. The molecule has 1 amide bonds. The molecule has 1 heterocycles. The molecule has 0 unspecified atom stereocenters. The normalized spacial score (nSPS) is 13.9. The van der Waals surface area contributed by atoms with Gasteiger partial charge in [0.1, 0.15) is 16.9 Å². The molecule has 5 rings (SSSR count). The van der Waals surface area contributed by atoms with Crippen molar-refractivity contribution in [3.8, 4) is 11.5 Å². The predicted octanol–water partition coefficient (Wildman–Crippen LogP) is 5.79. The average Bonchev–Trinajstić information content (AvgIpc) is 3.13. The molecular formula is C31H30N2O3. The highest BCUT2D eigenvalue weighted by Gasteiger charge is 2.50. The first kappa shape index (κ1) is 23.5. The number of carbonyl (C=O) groups excluding carboxylic acids is 1. The number of nitrogens with one attached hydrogen (secondary N) is 1.